The maximum atomic E-state index is 12.0. The van der Waals surface area contributed by atoms with Crippen molar-refractivity contribution in [3.05, 3.63) is 29.0 Å². The van der Waals surface area contributed by atoms with Crippen LogP contribution < -0.4 is 5.32 Å². The smallest absolute Gasteiger partial charge is 0.254 e. The summed E-state index contributed by atoms with van der Waals surface area (Å²) in [4.78, 5) is 15.9. The molecule has 18 heavy (non-hydrogen) atoms. The maximum Gasteiger partial charge on any atom is 0.254 e. The second kappa shape index (κ2) is 7.00. The fourth-order valence-corrected chi connectivity index (χ4v) is 2.75. The Balaban J connectivity index is 2.69. The molecule has 1 aromatic heterocycles. The van der Waals surface area contributed by atoms with E-state index in [4.69, 9.17) is 11.6 Å². The third-order valence-corrected chi connectivity index (χ3v) is 5.19. The molecular weight excluding hydrogens is 268 g/mol. The van der Waals surface area contributed by atoms with Gasteiger partial charge in [0, 0.05) is 17.5 Å². The monoisotopic (exact) mass is 286 g/mol. The molecule has 1 rings (SSSR count). The van der Waals surface area contributed by atoms with Gasteiger partial charge in [-0.3, -0.25) is 4.79 Å². The minimum Gasteiger partial charge on any atom is -0.351 e. The van der Waals surface area contributed by atoms with Crippen molar-refractivity contribution < 1.29 is 4.79 Å². The van der Waals surface area contributed by atoms with E-state index in [1.54, 1.807) is 30.1 Å². The van der Waals surface area contributed by atoms with Gasteiger partial charge >= 0.3 is 0 Å². The van der Waals surface area contributed by atoms with Gasteiger partial charge in [0.25, 0.3) is 5.91 Å². The zero-order chi connectivity index (χ0) is 13.6. The van der Waals surface area contributed by atoms with Crippen molar-refractivity contribution in [3.8, 4) is 0 Å². The second-order valence-electron chi connectivity index (χ2n) is 4.12. The zero-order valence-corrected chi connectivity index (χ0v) is 12.6. The number of nitrogens with one attached hydrogen (secondary N) is 1. The maximum absolute atomic E-state index is 12.0. The SMILES string of the molecule is CCC(CC)(CNC(=O)c1cccnc1Cl)SC. The van der Waals surface area contributed by atoms with Crippen LogP contribution in [0.15, 0.2) is 18.3 Å². The van der Waals surface area contributed by atoms with Crippen LogP contribution in [-0.4, -0.2) is 28.4 Å². The summed E-state index contributed by atoms with van der Waals surface area (Å²) in [6, 6.07) is 3.39. The van der Waals surface area contributed by atoms with Gasteiger partial charge in [-0.15, -0.1) is 0 Å². The van der Waals surface area contributed by atoms with E-state index in [1.807, 2.05) is 0 Å². The number of rotatable bonds is 6. The molecule has 0 bridgehead atoms. The van der Waals surface area contributed by atoms with Gasteiger partial charge < -0.3 is 5.32 Å². The highest BCUT2D eigenvalue weighted by molar-refractivity contribution is 8.00. The Bertz CT molecular complexity index is 399. The summed E-state index contributed by atoms with van der Waals surface area (Å²) in [5.74, 6) is -0.159. The van der Waals surface area contributed by atoms with Crippen LogP contribution in [0.1, 0.15) is 37.0 Å². The number of nitrogens with zero attached hydrogens (tertiary/aromatic N) is 1. The molecule has 0 unspecified atom stereocenters. The van der Waals surface area contributed by atoms with Gasteiger partial charge in [0.05, 0.1) is 5.56 Å². The van der Waals surface area contributed by atoms with Crippen LogP contribution in [0.25, 0.3) is 0 Å². The van der Waals surface area contributed by atoms with Gasteiger partial charge in [-0.25, -0.2) is 4.98 Å². The molecule has 100 valence electrons. The predicted molar refractivity (Wildman–Crippen MR) is 78.4 cm³/mol. The van der Waals surface area contributed by atoms with Crippen molar-refractivity contribution in [1.29, 1.82) is 0 Å². The van der Waals surface area contributed by atoms with E-state index in [1.165, 1.54) is 0 Å². The quantitative estimate of drug-likeness (QED) is 0.815. The molecule has 0 aromatic carbocycles. The Morgan fingerprint density at radius 2 is 2.17 bits per heavy atom. The molecule has 0 saturated heterocycles. The Morgan fingerprint density at radius 1 is 1.50 bits per heavy atom. The number of hydrogen-bond donors (Lipinski definition) is 1. The molecule has 1 amide bonds. The zero-order valence-electron chi connectivity index (χ0n) is 11.0. The van der Waals surface area contributed by atoms with Crippen molar-refractivity contribution in [2.24, 2.45) is 0 Å². The summed E-state index contributed by atoms with van der Waals surface area (Å²) >= 11 is 7.69. The second-order valence-corrected chi connectivity index (χ2v) is 5.75. The molecule has 5 heteroatoms. The summed E-state index contributed by atoms with van der Waals surface area (Å²) in [6.07, 6.45) is 5.69. The van der Waals surface area contributed by atoms with Gasteiger partial charge in [0.15, 0.2) is 0 Å². The Kier molecular flexibility index (Phi) is 5.96. The molecule has 0 aliphatic heterocycles. The molecule has 0 saturated carbocycles. The van der Waals surface area contributed by atoms with E-state index in [9.17, 15) is 4.79 Å². The van der Waals surface area contributed by atoms with E-state index in [-0.39, 0.29) is 15.8 Å². The third-order valence-electron chi connectivity index (χ3n) is 3.30. The average molecular weight is 287 g/mol. The lowest BCUT2D eigenvalue weighted by Gasteiger charge is -2.29. The summed E-state index contributed by atoms with van der Waals surface area (Å²) in [5, 5.41) is 3.20. The lowest BCUT2D eigenvalue weighted by molar-refractivity contribution is 0.0948. The fourth-order valence-electron chi connectivity index (χ4n) is 1.75. The van der Waals surface area contributed by atoms with Gasteiger partial charge in [0.2, 0.25) is 0 Å². The van der Waals surface area contributed by atoms with Gasteiger partial charge in [-0.2, -0.15) is 11.8 Å². The number of carbonyl (C=O) groups excluding carboxylic acids is 1. The minimum absolute atomic E-state index is 0.102. The van der Waals surface area contributed by atoms with E-state index in [0.29, 0.717) is 12.1 Å². The average Bonchev–Trinajstić information content (AvgIpc) is 2.41. The van der Waals surface area contributed by atoms with Crippen LogP contribution in [0.3, 0.4) is 0 Å². The molecule has 1 aromatic rings. The van der Waals surface area contributed by atoms with Crippen molar-refractivity contribution in [2.75, 3.05) is 12.8 Å². The van der Waals surface area contributed by atoms with Crippen LogP contribution in [0, 0.1) is 0 Å². The highest BCUT2D eigenvalue weighted by atomic mass is 35.5. The summed E-state index contributed by atoms with van der Waals surface area (Å²) in [5.41, 5.74) is 0.432. The highest BCUT2D eigenvalue weighted by Gasteiger charge is 2.25. The first-order valence-corrected chi connectivity index (χ1v) is 7.62. The van der Waals surface area contributed by atoms with Gasteiger partial charge in [-0.05, 0) is 31.2 Å². The molecule has 0 radical (unpaired) electrons. The number of carbonyl (C=O) groups is 1. The Labute approximate surface area is 118 Å². The lowest BCUT2D eigenvalue weighted by atomic mass is 10.0. The van der Waals surface area contributed by atoms with Crippen LogP contribution in [0.5, 0.6) is 0 Å². The Morgan fingerprint density at radius 3 is 2.67 bits per heavy atom. The van der Waals surface area contributed by atoms with Crippen molar-refractivity contribution in [3.63, 3.8) is 0 Å². The number of pyridine rings is 1. The predicted octanol–water partition coefficient (Wildman–Crippen LogP) is 3.39. The number of thioether (sulfide) groups is 1. The first-order chi connectivity index (χ1) is 8.58. The van der Waals surface area contributed by atoms with Crippen molar-refractivity contribution in [1.82, 2.24) is 10.3 Å². The van der Waals surface area contributed by atoms with E-state index in [0.717, 1.165) is 12.8 Å². The van der Waals surface area contributed by atoms with Crippen LogP contribution >= 0.6 is 23.4 Å². The molecule has 3 nitrogen and oxygen atoms in total. The molecule has 0 atom stereocenters. The molecule has 0 spiro atoms. The van der Waals surface area contributed by atoms with Crippen molar-refractivity contribution in [2.45, 2.75) is 31.4 Å². The van der Waals surface area contributed by atoms with Gasteiger partial charge in [0.1, 0.15) is 5.15 Å². The molecule has 1 heterocycles. The lowest BCUT2D eigenvalue weighted by Crippen LogP contribution is -2.39. The molecule has 0 fully saturated rings. The number of aromatic nitrogens is 1. The van der Waals surface area contributed by atoms with Crippen LogP contribution in [-0.2, 0) is 0 Å². The Hall–Kier alpha value is -0.740. The van der Waals surface area contributed by atoms with Crippen LogP contribution in [0.4, 0.5) is 0 Å². The summed E-state index contributed by atoms with van der Waals surface area (Å²) in [7, 11) is 0. The highest BCUT2D eigenvalue weighted by Crippen LogP contribution is 2.29. The number of halogens is 1. The number of hydrogen-bond acceptors (Lipinski definition) is 3. The normalized spacial score (nSPS) is 11.3. The van der Waals surface area contributed by atoms with Crippen molar-refractivity contribution >= 4 is 29.3 Å². The van der Waals surface area contributed by atoms with Crippen LogP contribution in [0.2, 0.25) is 5.15 Å². The van der Waals surface area contributed by atoms with E-state index in [2.05, 4.69) is 30.4 Å². The van der Waals surface area contributed by atoms with E-state index < -0.39 is 0 Å². The topological polar surface area (TPSA) is 42.0 Å². The first kappa shape index (κ1) is 15.3. The van der Waals surface area contributed by atoms with E-state index >= 15 is 0 Å². The standard InChI is InChI=1S/C13H19ClN2OS/c1-4-13(5-2,18-3)9-16-12(17)10-7-6-8-15-11(10)14/h6-8H,4-5,9H2,1-3H3,(H,16,17). The molecular formula is C13H19ClN2OS. The minimum atomic E-state index is -0.159. The van der Waals surface area contributed by atoms with Gasteiger partial charge in [-0.1, -0.05) is 25.4 Å². The fraction of sp³-hybridized carbons (Fsp3) is 0.538. The summed E-state index contributed by atoms with van der Waals surface area (Å²) in [6.45, 7) is 4.93. The number of amides is 1. The summed E-state index contributed by atoms with van der Waals surface area (Å²) < 4.78 is 0.102. The third kappa shape index (κ3) is 3.62. The molecule has 0 aliphatic carbocycles. The molecule has 1 N–H and O–H groups in total. The largest absolute Gasteiger partial charge is 0.351 e. The first-order valence-electron chi connectivity index (χ1n) is 6.02. The molecule has 0 aliphatic rings.